The summed E-state index contributed by atoms with van der Waals surface area (Å²) in [5.41, 5.74) is 3.23. The predicted octanol–water partition coefficient (Wildman–Crippen LogP) is 1.59. The molecule has 1 amide bonds. The fourth-order valence-electron chi connectivity index (χ4n) is 2.36. The van der Waals surface area contributed by atoms with Gasteiger partial charge in [0.15, 0.2) is 5.69 Å². The fraction of sp³-hybridized carbons (Fsp3) is 0.118. The van der Waals surface area contributed by atoms with Gasteiger partial charge in [-0.2, -0.15) is 9.78 Å². The van der Waals surface area contributed by atoms with Gasteiger partial charge >= 0.3 is 0 Å². The Balaban J connectivity index is 2.29. The standard InChI is InChI=1S/C17H16N4O2/c1-20(2)19-16(22)15-13-10-6-7-11-14(13)17(23)21(18-15)12-8-4-3-5-9-12/h3-11H,1-2H3,(H,19,22). The SMILES string of the molecule is CN(C)NC(=O)c1nn(-c2ccccc2)c(=O)c2ccccc12. The molecule has 0 aliphatic rings. The number of carbonyl (C=O) groups is 1. The first-order valence-electron chi connectivity index (χ1n) is 7.14. The molecular formula is C17H16N4O2. The number of hydrogen-bond donors (Lipinski definition) is 1. The van der Waals surface area contributed by atoms with E-state index in [1.807, 2.05) is 18.2 Å². The van der Waals surface area contributed by atoms with Crippen molar-refractivity contribution in [2.45, 2.75) is 0 Å². The summed E-state index contributed by atoms with van der Waals surface area (Å²) >= 11 is 0. The Morgan fingerprint density at radius 1 is 1.00 bits per heavy atom. The van der Waals surface area contributed by atoms with Gasteiger partial charge in [-0.05, 0) is 18.2 Å². The van der Waals surface area contributed by atoms with Gasteiger partial charge in [0, 0.05) is 19.5 Å². The van der Waals surface area contributed by atoms with Crippen molar-refractivity contribution in [3.8, 4) is 5.69 Å². The summed E-state index contributed by atoms with van der Waals surface area (Å²) in [5.74, 6) is -0.365. The molecule has 6 nitrogen and oxygen atoms in total. The zero-order valence-corrected chi connectivity index (χ0v) is 12.9. The van der Waals surface area contributed by atoms with Gasteiger partial charge < -0.3 is 0 Å². The van der Waals surface area contributed by atoms with Crippen LogP contribution in [0.4, 0.5) is 0 Å². The van der Waals surface area contributed by atoms with Crippen LogP contribution in [-0.2, 0) is 0 Å². The van der Waals surface area contributed by atoms with Crippen LogP contribution in [0.15, 0.2) is 59.4 Å². The van der Waals surface area contributed by atoms with Crippen LogP contribution in [0.3, 0.4) is 0 Å². The second-order valence-corrected chi connectivity index (χ2v) is 5.28. The molecule has 2 aromatic carbocycles. The molecule has 23 heavy (non-hydrogen) atoms. The number of nitrogens with zero attached hydrogens (tertiary/aromatic N) is 3. The molecule has 0 radical (unpaired) electrons. The van der Waals surface area contributed by atoms with E-state index in [0.29, 0.717) is 16.5 Å². The topological polar surface area (TPSA) is 67.2 Å². The van der Waals surface area contributed by atoms with E-state index >= 15 is 0 Å². The molecule has 6 heteroatoms. The second-order valence-electron chi connectivity index (χ2n) is 5.28. The number of nitrogens with one attached hydrogen (secondary N) is 1. The summed E-state index contributed by atoms with van der Waals surface area (Å²) < 4.78 is 1.26. The lowest BCUT2D eigenvalue weighted by molar-refractivity contribution is 0.0852. The Morgan fingerprint density at radius 3 is 2.26 bits per heavy atom. The van der Waals surface area contributed by atoms with Crippen molar-refractivity contribution in [2.24, 2.45) is 0 Å². The Hall–Kier alpha value is -2.99. The Kier molecular flexibility index (Phi) is 3.91. The normalized spacial score (nSPS) is 10.9. The lowest BCUT2D eigenvalue weighted by Crippen LogP contribution is -2.38. The number of amides is 1. The lowest BCUT2D eigenvalue weighted by Gasteiger charge is -2.14. The van der Waals surface area contributed by atoms with Crippen molar-refractivity contribution >= 4 is 16.7 Å². The fourth-order valence-corrected chi connectivity index (χ4v) is 2.36. The van der Waals surface area contributed by atoms with E-state index in [2.05, 4.69) is 10.5 Å². The summed E-state index contributed by atoms with van der Waals surface area (Å²) in [6.45, 7) is 0. The molecule has 1 heterocycles. The molecule has 0 fully saturated rings. The van der Waals surface area contributed by atoms with E-state index < -0.39 is 0 Å². The number of benzene rings is 2. The highest BCUT2D eigenvalue weighted by molar-refractivity contribution is 6.04. The first kappa shape index (κ1) is 14.9. The Bertz CT molecular complexity index is 917. The molecule has 0 unspecified atom stereocenters. The minimum atomic E-state index is -0.365. The van der Waals surface area contributed by atoms with Gasteiger partial charge in [0.05, 0.1) is 11.1 Å². The van der Waals surface area contributed by atoms with Gasteiger partial charge in [-0.25, -0.2) is 5.01 Å². The molecule has 3 aromatic rings. The summed E-state index contributed by atoms with van der Waals surface area (Å²) in [6.07, 6.45) is 0. The first-order chi connectivity index (χ1) is 11.1. The van der Waals surface area contributed by atoms with E-state index in [1.54, 1.807) is 50.5 Å². The Morgan fingerprint density at radius 2 is 1.61 bits per heavy atom. The van der Waals surface area contributed by atoms with Crippen LogP contribution in [0.5, 0.6) is 0 Å². The molecule has 0 bridgehead atoms. The maximum absolute atomic E-state index is 12.7. The van der Waals surface area contributed by atoms with Gasteiger partial charge in [-0.1, -0.05) is 36.4 Å². The summed E-state index contributed by atoms with van der Waals surface area (Å²) in [4.78, 5) is 25.1. The molecule has 0 saturated carbocycles. The molecule has 3 rings (SSSR count). The van der Waals surface area contributed by atoms with Gasteiger partial charge in [0.25, 0.3) is 11.5 Å². The highest BCUT2D eigenvalue weighted by Crippen LogP contribution is 2.15. The van der Waals surface area contributed by atoms with Crippen molar-refractivity contribution in [1.29, 1.82) is 0 Å². The highest BCUT2D eigenvalue weighted by atomic mass is 16.2. The van der Waals surface area contributed by atoms with Crippen LogP contribution in [0.2, 0.25) is 0 Å². The maximum atomic E-state index is 12.7. The third kappa shape index (κ3) is 2.84. The van der Waals surface area contributed by atoms with E-state index in [1.165, 1.54) is 9.69 Å². The third-order valence-corrected chi connectivity index (χ3v) is 3.35. The quantitative estimate of drug-likeness (QED) is 0.746. The van der Waals surface area contributed by atoms with E-state index in [0.717, 1.165) is 0 Å². The molecule has 0 atom stereocenters. The molecule has 1 N–H and O–H groups in total. The number of rotatable bonds is 3. The zero-order chi connectivity index (χ0) is 16.4. The molecular weight excluding hydrogens is 292 g/mol. The number of hydrazine groups is 1. The van der Waals surface area contributed by atoms with Crippen LogP contribution in [0.25, 0.3) is 16.5 Å². The van der Waals surface area contributed by atoms with Crippen LogP contribution in [0, 0.1) is 0 Å². The lowest BCUT2D eigenvalue weighted by atomic mass is 10.1. The van der Waals surface area contributed by atoms with Gasteiger partial charge in [-0.15, -0.1) is 0 Å². The largest absolute Gasteiger partial charge is 0.286 e. The third-order valence-electron chi connectivity index (χ3n) is 3.35. The minimum absolute atomic E-state index is 0.206. The molecule has 0 aliphatic carbocycles. The minimum Gasteiger partial charge on any atom is -0.284 e. The van der Waals surface area contributed by atoms with Gasteiger partial charge in [-0.3, -0.25) is 15.0 Å². The van der Waals surface area contributed by atoms with Crippen LogP contribution in [-0.4, -0.2) is 34.8 Å². The summed E-state index contributed by atoms with van der Waals surface area (Å²) in [7, 11) is 3.43. The Labute approximate surface area is 132 Å². The highest BCUT2D eigenvalue weighted by Gasteiger charge is 2.17. The smallest absolute Gasteiger partial charge is 0.284 e. The number of hydrogen-bond acceptors (Lipinski definition) is 4. The number of aromatic nitrogens is 2. The van der Waals surface area contributed by atoms with Crippen molar-refractivity contribution < 1.29 is 4.79 Å². The van der Waals surface area contributed by atoms with Crippen molar-refractivity contribution in [2.75, 3.05) is 14.1 Å². The van der Waals surface area contributed by atoms with E-state index in [-0.39, 0.29) is 17.2 Å². The van der Waals surface area contributed by atoms with Crippen molar-refractivity contribution in [1.82, 2.24) is 20.2 Å². The van der Waals surface area contributed by atoms with E-state index in [9.17, 15) is 9.59 Å². The van der Waals surface area contributed by atoms with Gasteiger partial charge in [0.2, 0.25) is 0 Å². The predicted molar refractivity (Wildman–Crippen MR) is 88.5 cm³/mol. The molecule has 116 valence electrons. The second kappa shape index (κ2) is 6.02. The zero-order valence-electron chi connectivity index (χ0n) is 12.9. The number of carbonyl (C=O) groups excluding carboxylic acids is 1. The van der Waals surface area contributed by atoms with Crippen molar-refractivity contribution in [3.63, 3.8) is 0 Å². The van der Waals surface area contributed by atoms with Crippen LogP contribution < -0.4 is 11.0 Å². The molecule has 0 spiro atoms. The van der Waals surface area contributed by atoms with Crippen LogP contribution in [0.1, 0.15) is 10.5 Å². The number of para-hydroxylation sites is 1. The van der Waals surface area contributed by atoms with Crippen molar-refractivity contribution in [3.05, 3.63) is 70.6 Å². The number of fused-ring (bicyclic) bond motifs is 1. The molecule has 1 aromatic heterocycles. The maximum Gasteiger partial charge on any atom is 0.286 e. The van der Waals surface area contributed by atoms with E-state index in [4.69, 9.17) is 0 Å². The first-order valence-corrected chi connectivity index (χ1v) is 7.14. The molecule has 0 saturated heterocycles. The molecule has 0 aliphatic heterocycles. The monoisotopic (exact) mass is 308 g/mol. The summed E-state index contributed by atoms with van der Waals surface area (Å²) in [5, 5.41) is 6.81. The average Bonchev–Trinajstić information content (AvgIpc) is 2.55. The van der Waals surface area contributed by atoms with Crippen LogP contribution >= 0.6 is 0 Å². The summed E-state index contributed by atoms with van der Waals surface area (Å²) in [6, 6.07) is 16.0. The van der Waals surface area contributed by atoms with Gasteiger partial charge in [0.1, 0.15) is 0 Å². The average molecular weight is 308 g/mol.